The lowest BCUT2D eigenvalue weighted by Gasteiger charge is -2.12. The molecule has 2 aromatic rings. The van der Waals surface area contributed by atoms with Gasteiger partial charge in [-0.05, 0) is 36.8 Å². The third-order valence-corrected chi connectivity index (χ3v) is 2.98. The van der Waals surface area contributed by atoms with Crippen molar-refractivity contribution in [2.75, 3.05) is 19.0 Å². The summed E-state index contributed by atoms with van der Waals surface area (Å²) in [6, 6.07) is 9.52. The number of nitrogens with one attached hydrogen (secondary N) is 1. The second kappa shape index (κ2) is 7.01. The Hall–Kier alpha value is -1.94. The topological polar surface area (TPSA) is 43.4 Å². The zero-order chi connectivity index (χ0) is 14.4. The summed E-state index contributed by atoms with van der Waals surface area (Å²) in [5.41, 5.74) is 2.02. The molecule has 1 heterocycles. The van der Waals surface area contributed by atoms with E-state index in [-0.39, 0.29) is 0 Å². The van der Waals surface area contributed by atoms with Gasteiger partial charge in [0.05, 0.1) is 25.6 Å². The van der Waals surface area contributed by atoms with Gasteiger partial charge in [-0.15, -0.1) is 0 Å². The van der Waals surface area contributed by atoms with Crippen LogP contribution in [0.5, 0.6) is 11.5 Å². The van der Waals surface area contributed by atoms with E-state index in [1.807, 2.05) is 31.2 Å². The summed E-state index contributed by atoms with van der Waals surface area (Å²) < 4.78 is 10.8. The summed E-state index contributed by atoms with van der Waals surface area (Å²) >= 11 is 5.75. The van der Waals surface area contributed by atoms with Gasteiger partial charge in [0.1, 0.15) is 5.15 Å². The van der Waals surface area contributed by atoms with Crippen LogP contribution < -0.4 is 14.8 Å². The van der Waals surface area contributed by atoms with Crippen molar-refractivity contribution in [2.45, 2.75) is 13.5 Å². The molecule has 0 amide bonds. The molecule has 0 saturated carbocycles. The molecule has 1 aromatic heterocycles. The van der Waals surface area contributed by atoms with Gasteiger partial charge in [0.2, 0.25) is 0 Å². The van der Waals surface area contributed by atoms with Crippen LogP contribution in [0.25, 0.3) is 0 Å². The lowest BCUT2D eigenvalue weighted by molar-refractivity contribution is 0.310. The van der Waals surface area contributed by atoms with Crippen LogP contribution in [0.4, 0.5) is 5.69 Å². The van der Waals surface area contributed by atoms with Gasteiger partial charge in [-0.1, -0.05) is 17.7 Å². The van der Waals surface area contributed by atoms with Crippen LogP contribution in [-0.2, 0) is 6.54 Å². The van der Waals surface area contributed by atoms with Gasteiger partial charge in [-0.25, -0.2) is 4.98 Å². The first-order valence-corrected chi connectivity index (χ1v) is 6.76. The highest BCUT2D eigenvalue weighted by atomic mass is 35.5. The lowest BCUT2D eigenvalue weighted by atomic mass is 10.2. The molecule has 0 bridgehead atoms. The molecular weight excluding hydrogens is 276 g/mol. The molecule has 0 aliphatic heterocycles. The molecule has 0 spiro atoms. The molecule has 0 saturated heterocycles. The van der Waals surface area contributed by atoms with Crippen molar-refractivity contribution in [2.24, 2.45) is 0 Å². The Bertz CT molecular complexity index is 558. The fourth-order valence-electron chi connectivity index (χ4n) is 1.78. The summed E-state index contributed by atoms with van der Waals surface area (Å²) in [5, 5.41) is 3.76. The molecule has 0 fully saturated rings. The third kappa shape index (κ3) is 3.78. The average Bonchev–Trinajstić information content (AvgIpc) is 2.47. The maximum atomic E-state index is 5.75. The van der Waals surface area contributed by atoms with Crippen LogP contribution in [0.1, 0.15) is 12.5 Å². The molecule has 0 radical (unpaired) electrons. The molecule has 1 aromatic carbocycles. The minimum Gasteiger partial charge on any atom is -0.493 e. The van der Waals surface area contributed by atoms with Crippen LogP contribution >= 0.6 is 11.6 Å². The van der Waals surface area contributed by atoms with E-state index in [4.69, 9.17) is 21.1 Å². The van der Waals surface area contributed by atoms with Crippen LogP contribution in [0.15, 0.2) is 36.5 Å². The molecular formula is C15H17ClN2O2. The van der Waals surface area contributed by atoms with Gasteiger partial charge in [-0.2, -0.15) is 0 Å². The summed E-state index contributed by atoms with van der Waals surface area (Å²) in [6.07, 6.45) is 1.70. The molecule has 2 rings (SSSR count). The summed E-state index contributed by atoms with van der Waals surface area (Å²) in [6.45, 7) is 3.23. The first kappa shape index (κ1) is 14.5. The molecule has 0 aliphatic rings. The Morgan fingerprint density at radius 1 is 1.20 bits per heavy atom. The van der Waals surface area contributed by atoms with Crippen molar-refractivity contribution < 1.29 is 9.47 Å². The quantitative estimate of drug-likeness (QED) is 0.824. The number of anilines is 1. The third-order valence-electron chi connectivity index (χ3n) is 2.75. The number of hydrogen-bond acceptors (Lipinski definition) is 4. The fraction of sp³-hybridized carbons (Fsp3) is 0.267. The minimum atomic E-state index is 0.485. The van der Waals surface area contributed by atoms with Gasteiger partial charge >= 0.3 is 0 Å². The second-order valence-corrected chi connectivity index (χ2v) is 4.53. The highest BCUT2D eigenvalue weighted by Gasteiger charge is 2.05. The van der Waals surface area contributed by atoms with Crippen molar-refractivity contribution in [1.29, 1.82) is 0 Å². The standard InChI is InChI=1S/C15H17ClN2O2/c1-3-20-14-8-11(4-6-13(14)19-2)9-17-12-5-7-15(16)18-10-12/h4-8,10,17H,3,9H2,1-2H3. The number of hydrogen-bond donors (Lipinski definition) is 1. The van der Waals surface area contributed by atoms with Crippen molar-refractivity contribution >= 4 is 17.3 Å². The molecule has 20 heavy (non-hydrogen) atoms. The Labute approximate surface area is 123 Å². The Morgan fingerprint density at radius 3 is 2.70 bits per heavy atom. The van der Waals surface area contributed by atoms with Crippen molar-refractivity contribution in [1.82, 2.24) is 4.98 Å². The Morgan fingerprint density at radius 2 is 2.05 bits per heavy atom. The van der Waals surface area contributed by atoms with E-state index < -0.39 is 0 Å². The zero-order valence-electron chi connectivity index (χ0n) is 11.5. The van der Waals surface area contributed by atoms with Gasteiger partial charge in [0.25, 0.3) is 0 Å². The molecule has 0 unspecified atom stereocenters. The lowest BCUT2D eigenvalue weighted by Crippen LogP contribution is -2.01. The SMILES string of the molecule is CCOc1cc(CNc2ccc(Cl)nc2)ccc1OC. The summed E-state index contributed by atoms with van der Waals surface area (Å²) in [5.74, 6) is 1.49. The van der Waals surface area contributed by atoms with E-state index in [1.165, 1.54) is 0 Å². The number of rotatable bonds is 6. The van der Waals surface area contributed by atoms with E-state index in [0.717, 1.165) is 22.7 Å². The van der Waals surface area contributed by atoms with E-state index in [9.17, 15) is 0 Å². The Balaban J connectivity index is 2.05. The van der Waals surface area contributed by atoms with Gasteiger partial charge in [0.15, 0.2) is 11.5 Å². The van der Waals surface area contributed by atoms with Crippen molar-refractivity contribution in [3.8, 4) is 11.5 Å². The molecule has 0 atom stereocenters. The average molecular weight is 293 g/mol. The number of ether oxygens (including phenoxy) is 2. The van der Waals surface area contributed by atoms with E-state index in [1.54, 1.807) is 19.4 Å². The Kier molecular flexibility index (Phi) is 5.07. The van der Waals surface area contributed by atoms with Crippen LogP contribution in [0, 0.1) is 0 Å². The monoisotopic (exact) mass is 292 g/mol. The number of halogens is 1. The number of aromatic nitrogens is 1. The van der Waals surface area contributed by atoms with Crippen molar-refractivity contribution in [3.05, 3.63) is 47.2 Å². The summed E-state index contributed by atoms with van der Waals surface area (Å²) in [4.78, 5) is 4.02. The fourth-order valence-corrected chi connectivity index (χ4v) is 1.90. The number of methoxy groups -OCH3 is 1. The van der Waals surface area contributed by atoms with E-state index in [0.29, 0.717) is 18.3 Å². The van der Waals surface area contributed by atoms with Crippen LogP contribution in [0.3, 0.4) is 0 Å². The van der Waals surface area contributed by atoms with Gasteiger partial charge in [-0.3, -0.25) is 0 Å². The predicted molar refractivity (Wildman–Crippen MR) is 80.7 cm³/mol. The van der Waals surface area contributed by atoms with Gasteiger partial charge < -0.3 is 14.8 Å². The molecule has 5 heteroatoms. The first-order valence-electron chi connectivity index (χ1n) is 6.38. The molecule has 4 nitrogen and oxygen atoms in total. The molecule has 1 N–H and O–H groups in total. The number of benzene rings is 1. The van der Waals surface area contributed by atoms with E-state index in [2.05, 4.69) is 10.3 Å². The van der Waals surface area contributed by atoms with Crippen LogP contribution in [-0.4, -0.2) is 18.7 Å². The number of pyridine rings is 1. The normalized spacial score (nSPS) is 10.2. The molecule has 106 valence electrons. The largest absolute Gasteiger partial charge is 0.493 e. The summed E-state index contributed by atoms with van der Waals surface area (Å²) in [7, 11) is 1.63. The maximum Gasteiger partial charge on any atom is 0.161 e. The minimum absolute atomic E-state index is 0.485. The zero-order valence-corrected chi connectivity index (χ0v) is 12.3. The predicted octanol–water partition coefficient (Wildman–Crippen LogP) is 3.75. The number of nitrogens with zero attached hydrogens (tertiary/aromatic N) is 1. The highest BCUT2D eigenvalue weighted by Crippen LogP contribution is 2.28. The van der Waals surface area contributed by atoms with Gasteiger partial charge in [0, 0.05) is 6.54 Å². The first-order chi connectivity index (χ1) is 9.72. The van der Waals surface area contributed by atoms with Crippen LogP contribution in [0.2, 0.25) is 5.15 Å². The maximum absolute atomic E-state index is 5.75. The molecule has 0 aliphatic carbocycles. The van der Waals surface area contributed by atoms with E-state index >= 15 is 0 Å². The second-order valence-electron chi connectivity index (χ2n) is 4.14. The smallest absolute Gasteiger partial charge is 0.161 e. The highest BCUT2D eigenvalue weighted by molar-refractivity contribution is 6.29. The van der Waals surface area contributed by atoms with Crippen molar-refractivity contribution in [3.63, 3.8) is 0 Å².